The Labute approximate surface area is 157 Å². The van der Waals surface area contributed by atoms with Crippen LogP contribution in [0.3, 0.4) is 0 Å². The number of halogens is 2. The first-order chi connectivity index (χ1) is 10.7. The normalized spacial score (nSPS) is 17.6. The van der Waals surface area contributed by atoms with Gasteiger partial charge in [0, 0.05) is 38.6 Å². The molecule has 8 heteroatoms. The predicted octanol–water partition coefficient (Wildman–Crippen LogP) is 1.16. The summed E-state index contributed by atoms with van der Waals surface area (Å²) in [5, 5.41) is 3.01. The van der Waals surface area contributed by atoms with Gasteiger partial charge in [-0.2, -0.15) is 0 Å². The third kappa shape index (κ3) is 9.06. The summed E-state index contributed by atoms with van der Waals surface area (Å²) in [5.74, 6) is 0.386. The average Bonchev–Trinajstić information content (AvgIpc) is 3.31. The van der Waals surface area contributed by atoms with Crippen molar-refractivity contribution in [3.8, 4) is 0 Å². The third-order valence-corrected chi connectivity index (χ3v) is 4.38. The maximum Gasteiger partial charge on any atom is 0.234 e. The molecule has 0 aromatic carbocycles. The van der Waals surface area contributed by atoms with Gasteiger partial charge in [-0.1, -0.05) is 12.8 Å². The van der Waals surface area contributed by atoms with Crippen molar-refractivity contribution in [3.05, 3.63) is 0 Å². The summed E-state index contributed by atoms with van der Waals surface area (Å²) in [6.45, 7) is 4.31. The van der Waals surface area contributed by atoms with Crippen molar-refractivity contribution in [2.24, 2.45) is 5.73 Å². The maximum absolute atomic E-state index is 12.1. The molecular weight excluding hydrogens is 351 g/mol. The van der Waals surface area contributed by atoms with Crippen LogP contribution in [0.25, 0.3) is 0 Å². The van der Waals surface area contributed by atoms with Crippen LogP contribution < -0.4 is 11.1 Å². The van der Waals surface area contributed by atoms with Crippen LogP contribution in [0.4, 0.5) is 0 Å². The van der Waals surface area contributed by atoms with Crippen molar-refractivity contribution in [3.63, 3.8) is 0 Å². The summed E-state index contributed by atoms with van der Waals surface area (Å²) >= 11 is 0. The number of unbranched alkanes of at least 4 members (excludes halogenated alkanes) is 3. The number of rotatable bonds is 9. The van der Waals surface area contributed by atoms with Crippen LogP contribution >= 0.6 is 24.8 Å². The number of nitrogens with one attached hydrogen (secondary N) is 1. The second kappa shape index (κ2) is 12.8. The minimum Gasteiger partial charge on any atom is -0.352 e. The van der Waals surface area contributed by atoms with Gasteiger partial charge in [-0.3, -0.25) is 14.5 Å². The van der Waals surface area contributed by atoms with Crippen molar-refractivity contribution in [1.29, 1.82) is 0 Å². The van der Waals surface area contributed by atoms with Crippen LogP contribution in [0.2, 0.25) is 0 Å². The number of carbonyl (C=O) groups is 2. The van der Waals surface area contributed by atoms with Gasteiger partial charge in [0.2, 0.25) is 11.8 Å². The Kier molecular flexibility index (Phi) is 12.5. The molecule has 0 aromatic heterocycles. The lowest BCUT2D eigenvalue weighted by molar-refractivity contribution is -0.133. The van der Waals surface area contributed by atoms with Crippen LogP contribution in [0, 0.1) is 0 Å². The molecule has 0 atom stereocenters. The number of nitrogens with zero attached hydrogens (tertiary/aromatic N) is 2. The monoisotopic (exact) mass is 382 g/mol. The van der Waals surface area contributed by atoms with E-state index >= 15 is 0 Å². The molecule has 142 valence electrons. The number of nitrogens with two attached hydrogens (primary N) is 1. The minimum absolute atomic E-state index is 0. The lowest BCUT2D eigenvalue weighted by atomic mass is 10.1. The molecule has 0 spiro atoms. The van der Waals surface area contributed by atoms with E-state index < -0.39 is 0 Å². The van der Waals surface area contributed by atoms with Crippen molar-refractivity contribution in [2.75, 3.05) is 39.3 Å². The molecule has 24 heavy (non-hydrogen) atoms. The fourth-order valence-electron chi connectivity index (χ4n) is 2.79. The number of piperazine rings is 1. The van der Waals surface area contributed by atoms with Crippen LogP contribution in [0.5, 0.6) is 0 Å². The first-order valence-corrected chi connectivity index (χ1v) is 8.68. The van der Waals surface area contributed by atoms with Crippen LogP contribution in [0.15, 0.2) is 0 Å². The van der Waals surface area contributed by atoms with Gasteiger partial charge < -0.3 is 16.0 Å². The minimum atomic E-state index is 0. The Bertz CT molecular complexity index is 373. The molecule has 0 radical (unpaired) electrons. The van der Waals surface area contributed by atoms with E-state index in [1.54, 1.807) is 0 Å². The molecule has 1 aliphatic heterocycles. The van der Waals surface area contributed by atoms with E-state index in [9.17, 15) is 9.59 Å². The highest BCUT2D eigenvalue weighted by molar-refractivity contribution is 5.85. The second-order valence-electron chi connectivity index (χ2n) is 6.45. The molecule has 2 amide bonds. The Morgan fingerprint density at radius 3 is 2.17 bits per heavy atom. The molecule has 1 heterocycles. The molecule has 1 aliphatic carbocycles. The third-order valence-electron chi connectivity index (χ3n) is 4.38. The zero-order chi connectivity index (χ0) is 15.8. The topological polar surface area (TPSA) is 78.7 Å². The van der Waals surface area contributed by atoms with E-state index in [1.165, 1.54) is 0 Å². The summed E-state index contributed by atoms with van der Waals surface area (Å²) in [6, 6.07) is 0.426. The van der Waals surface area contributed by atoms with Gasteiger partial charge in [0.15, 0.2) is 0 Å². The Balaban J connectivity index is 0.00000264. The number of amides is 2. The lowest BCUT2D eigenvalue weighted by Crippen LogP contribution is -2.51. The number of hydrogen-bond acceptors (Lipinski definition) is 4. The molecule has 6 nitrogen and oxygen atoms in total. The number of hydrogen-bond donors (Lipinski definition) is 2. The summed E-state index contributed by atoms with van der Waals surface area (Å²) in [6.07, 6.45) is 7.11. The zero-order valence-electron chi connectivity index (χ0n) is 14.4. The fourth-order valence-corrected chi connectivity index (χ4v) is 2.79. The van der Waals surface area contributed by atoms with Crippen LogP contribution in [-0.2, 0) is 9.59 Å². The van der Waals surface area contributed by atoms with E-state index in [2.05, 4.69) is 10.2 Å². The molecule has 0 unspecified atom stereocenters. The fraction of sp³-hybridized carbons (Fsp3) is 0.875. The second-order valence-corrected chi connectivity index (χ2v) is 6.45. The molecular formula is C16H32Cl2N4O2. The molecule has 2 fully saturated rings. The van der Waals surface area contributed by atoms with Gasteiger partial charge in [-0.15, -0.1) is 24.8 Å². The molecule has 1 saturated carbocycles. The summed E-state index contributed by atoms with van der Waals surface area (Å²) in [4.78, 5) is 28.0. The first kappa shape index (κ1) is 23.4. The quantitative estimate of drug-likeness (QED) is 0.586. The molecule has 2 rings (SSSR count). The van der Waals surface area contributed by atoms with E-state index in [0.717, 1.165) is 71.2 Å². The van der Waals surface area contributed by atoms with Crippen LogP contribution in [-0.4, -0.2) is 66.9 Å². The van der Waals surface area contributed by atoms with Crippen molar-refractivity contribution < 1.29 is 9.59 Å². The van der Waals surface area contributed by atoms with E-state index in [-0.39, 0.29) is 36.6 Å². The van der Waals surface area contributed by atoms with E-state index in [4.69, 9.17) is 5.73 Å². The highest BCUT2D eigenvalue weighted by Crippen LogP contribution is 2.18. The highest BCUT2D eigenvalue weighted by atomic mass is 35.5. The summed E-state index contributed by atoms with van der Waals surface area (Å²) < 4.78 is 0. The predicted molar refractivity (Wildman–Crippen MR) is 101 cm³/mol. The van der Waals surface area contributed by atoms with Crippen LogP contribution in [0.1, 0.15) is 44.9 Å². The Morgan fingerprint density at radius 2 is 1.58 bits per heavy atom. The van der Waals surface area contributed by atoms with Gasteiger partial charge >= 0.3 is 0 Å². The largest absolute Gasteiger partial charge is 0.352 e. The maximum atomic E-state index is 12.1. The standard InChI is InChI=1S/C16H30N4O2.2ClH/c17-8-4-2-1-3-5-16(22)20-11-9-19(10-12-20)13-15(21)18-14-6-7-14;;/h14H,1-13,17H2,(H,18,21);2*1H. The van der Waals surface area contributed by atoms with Gasteiger partial charge in [0.1, 0.15) is 0 Å². The van der Waals surface area contributed by atoms with Crippen molar-refractivity contribution >= 4 is 36.6 Å². The molecule has 0 bridgehead atoms. The molecule has 2 aliphatic rings. The van der Waals surface area contributed by atoms with E-state index in [0.29, 0.717) is 19.0 Å². The zero-order valence-corrected chi connectivity index (χ0v) is 16.0. The Morgan fingerprint density at radius 1 is 0.958 bits per heavy atom. The molecule has 3 N–H and O–H groups in total. The summed E-state index contributed by atoms with van der Waals surface area (Å²) in [5.41, 5.74) is 5.46. The smallest absolute Gasteiger partial charge is 0.234 e. The summed E-state index contributed by atoms with van der Waals surface area (Å²) in [7, 11) is 0. The van der Waals surface area contributed by atoms with Crippen molar-refractivity contribution in [2.45, 2.75) is 51.0 Å². The van der Waals surface area contributed by atoms with Gasteiger partial charge in [0.05, 0.1) is 6.54 Å². The average molecular weight is 383 g/mol. The first-order valence-electron chi connectivity index (χ1n) is 8.68. The molecule has 0 aromatic rings. The lowest BCUT2D eigenvalue weighted by Gasteiger charge is -2.34. The molecule has 1 saturated heterocycles. The van der Waals surface area contributed by atoms with E-state index in [1.807, 2.05) is 4.90 Å². The van der Waals surface area contributed by atoms with Gasteiger partial charge in [-0.25, -0.2) is 0 Å². The highest BCUT2D eigenvalue weighted by Gasteiger charge is 2.26. The number of carbonyl (C=O) groups excluding carboxylic acids is 2. The van der Waals surface area contributed by atoms with Gasteiger partial charge in [-0.05, 0) is 32.2 Å². The SMILES string of the molecule is Cl.Cl.NCCCCCCC(=O)N1CCN(CC(=O)NC2CC2)CC1. The van der Waals surface area contributed by atoms with Gasteiger partial charge in [0.25, 0.3) is 0 Å². The Hall–Kier alpha value is -0.560. The van der Waals surface area contributed by atoms with Crippen molar-refractivity contribution in [1.82, 2.24) is 15.1 Å².